The minimum absolute atomic E-state index is 0.00588. The third-order valence-corrected chi connectivity index (χ3v) is 5.45. The van der Waals surface area contributed by atoms with Crippen molar-refractivity contribution in [3.63, 3.8) is 0 Å². The maximum absolute atomic E-state index is 12.6. The summed E-state index contributed by atoms with van der Waals surface area (Å²) in [5, 5.41) is 5.26. The van der Waals surface area contributed by atoms with Crippen LogP contribution < -0.4 is 15.4 Å². The minimum Gasteiger partial charge on any atom is -0.466 e. The molecule has 32 heavy (non-hydrogen) atoms. The highest BCUT2D eigenvalue weighted by Crippen LogP contribution is 2.17. The topological polar surface area (TPSA) is 139 Å². The lowest BCUT2D eigenvalue weighted by molar-refractivity contribution is -0.144. The number of aromatic nitrogens is 2. The number of carbonyl (C=O) groups is 2. The Morgan fingerprint density at radius 2 is 1.69 bits per heavy atom. The number of nitrogens with zero attached hydrogens (tertiary/aromatic N) is 2. The molecule has 0 aliphatic carbocycles. The molecule has 10 nitrogen and oxygen atoms in total. The van der Waals surface area contributed by atoms with Crippen molar-refractivity contribution in [1.82, 2.24) is 15.3 Å². The van der Waals surface area contributed by atoms with E-state index in [9.17, 15) is 18.0 Å². The first-order valence-electron chi connectivity index (χ1n) is 9.80. The fourth-order valence-electron chi connectivity index (χ4n) is 2.52. The molecule has 1 heterocycles. The van der Waals surface area contributed by atoms with Crippen molar-refractivity contribution in [2.24, 2.45) is 0 Å². The molecule has 0 aliphatic rings. The van der Waals surface area contributed by atoms with E-state index in [2.05, 4.69) is 25.3 Å². The van der Waals surface area contributed by atoms with E-state index < -0.39 is 21.9 Å². The van der Waals surface area contributed by atoms with E-state index in [4.69, 9.17) is 17.0 Å². The number of anilines is 2. The molecule has 0 aliphatic heterocycles. The number of nitrogens with one attached hydrogen (secondary N) is 3. The smallest absolute Gasteiger partial charge is 0.306 e. The van der Waals surface area contributed by atoms with Crippen molar-refractivity contribution in [3.8, 4) is 0 Å². The molecule has 0 atom stereocenters. The van der Waals surface area contributed by atoms with Crippen LogP contribution in [0.15, 0.2) is 35.2 Å². The Kier molecular flexibility index (Phi) is 9.02. The highest BCUT2D eigenvalue weighted by atomic mass is 32.2. The summed E-state index contributed by atoms with van der Waals surface area (Å²) in [5.41, 5.74) is 1.76. The quantitative estimate of drug-likeness (QED) is 0.365. The SMILES string of the molecule is CCCOC(=O)CCC(=O)NC(=S)Nc1ccc(S(=O)(=O)Nc2nc(C)cc(C)n2)cc1. The number of hydrogen-bond donors (Lipinski definition) is 3. The Morgan fingerprint density at radius 3 is 2.28 bits per heavy atom. The fraction of sp³-hybridized carbons (Fsp3) is 0.350. The van der Waals surface area contributed by atoms with Crippen molar-refractivity contribution >= 4 is 50.9 Å². The number of ether oxygens (including phenoxy) is 1. The van der Waals surface area contributed by atoms with Crippen molar-refractivity contribution in [2.45, 2.75) is 44.9 Å². The molecule has 1 aromatic heterocycles. The van der Waals surface area contributed by atoms with Gasteiger partial charge < -0.3 is 15.4 Å². The van der Waals surface area contributed by atoms with Crippen molar-refractivity contribution in [3.05, 3.63) is 41.7 Å². The molecule has 12 heteroatoms. The van der Waals surface area contributed by atoms with Gasteiger partial charge in [-0.3, -0.25) is 9.59 Å². The highest BCUT2D eigenvalue weighted by Gasteiger charge is 2.16. The van der Waals surface area contributed by atoms with E-state index in [0.29, 0.717) is 30.1 Å². The molecule has 172 valence electrons. The molecule has 0 fully saturated rings. The molecule has 1 aromatic carbocycles. The van der Waals surface area contributed by atoms with Gasteiger partial charge in [0.2, 0.25) is 11.9 Å². The number of carbonyl (C=O) groups excluding carboxylic acids is 2. The van der Waals surface area contributed by atoms with Crippen LogP contribution in [0.1, 0.15) is 37.6 Å². The average Bonchev–Trinajstić information content (AvgIpc) is 2.70. The molecular weight excluding hydrogens is 454 g/mol. The predicted molar refractivity (Wildman–Crippen MR) is 124 cm³/mol. The average molecular weight is 480 g/mol. The largest absolute Gasteiger partial charge is 0.466 e. The van der Waals surface area contributed by atoms with Gasteiger partial charge in [-0.05, 0) is 62.8 Å². The van der Waals surface area contributed by atoms with E-state index in [1.165, 1.54) is 24.3 Å². The first-order valence-corrected chi connectivity index (χ1v) is 11.7. The van der Waals surface area contributed by atoms with Crippen LogP contribution in [0.5, 0.6) is 0 Å². The summed E-state index contributed by atoms with van der Waals surface area (Å²) in [6.45, 7) is 5.68. The van der Waals surface area contributed by atoms with Gasteiger partial charge in [0.15, 0.2) is 5.11 Å². The normalized spacial score (nSPS) is 10.8. The van der Waals surface area contributed by atoms with Crippen LogP contribution in [-0.2, 0) is 24.3 Å². The number of esters is 1. The summed E-state index contributed by atoms with van der Waals surface area (Å²) >= 11 is 5.07. The lowest BCUT2D eigenvalue weighted by atomic mass is 10.3. The van der Waals surface area contributed by atoms with Gasteiger partial charge in [-0.2, -0.15) is 0 Å². The number of hydrogen-bond acceptors (Lipinski definition) is 8. The number of sulfonamides is 1. The molecule has 3 N–H and O–H groups in total. The Hall–Kier alpha value is -3.12. The lowest BCUT2D eigenvalue weighted by Gasteiger charge is -2.11. The Labute approximate surface area is 192 Å². The van der Waals surface area contributed by atoms with Crippen LogP contribution in [0.3, 0.4) is 0 Å². The lowest BCUT2D eigenvalue weighted by Crippen LogP contribution is -2.34. The van der Waals surface area contributed by atoms with Gasteiger partial charge >= 0.3 is 5.97 Å². The van der Waals surface area contributed by atoms with E-state index in [0.717, 1.165) is 0 Å². The molecule has 0 bridgehead atoms. The molecule has 2 rings (SSSR count). The number of aryl methyl sites for hydroxylation is 2. The Bertz CT molecular complexity index is 1070. The summed E-state index contributed by atoms with van der Waals surface area (Å²) in [6.07, 6.45) is 0.605. The van der Waals surface area contributed by atoms with Gasteiger partial charge in [-0.15, -0.1) is 0 Å². The van der Waals surface area contributed by atoms with E-state index in [1.54, 1.807) is 19.9 Å². The molecular formula is C20H25N5O5S2. The van der Waals surface area contributed by atoms with Gasteiger partial charge in [0.25, 0.3) is 10.0 Å². The summed E-state index contributed by atoms with van der Waals surface area (Å²) in [7, 11) is -3.88. The zero-order valence-corrected chi connectivity index (χ0v) is 19.6. The second-order valence-electron chi connectivity index (χ2n) is 6.83. The van der Waals surface area contributed by atoms with E-state index in [-0.39, 0.29) is 28.8 Å². The highest BCUT2D eigenvalue weighted by molar-refractivity contribution is 7.92. The van der Waals surface area contributed by atoms with E-state index >= 15 is 0 Å². The zero-order chi connectivity index (χ0) is 23.7. The summed E-state index contributed by atoms with van der Waals surface area (Å²) < 4.78 is 32.4. The number of rotatable bonds is 9. The summed E-state index contributed by atoms with van der Waals surface area (Å²) in [4.78, 5) is 31.5. The van der Waals surface area contributed by atoms with Crippen LogP contribution in [0, 0.1) is 13.8 Å². The minimum atomic E-state index is -3.88. The van der Waals surface area contributed by atoms with Crippen molar-refractivity contribution < 1.29 is 22.7 Å². The van der Waals surface area contributed by atoms with Crippen LogP contribution in [-0.4, -0.2) is 42.0 Å². The van der Waals surface area contributed by atoms with Gasteiger partial charge in [-0.1, -0.05) is 6.92 Å². The zero-order valence-electron chi connectivity index (χ0n) is 18.0. The van der Waals surface area contributed by atoms with Crippen LogP contribution in [0.2, 0.25) is 0 Å². The van der Waals surface area contributed by atoms with Crippen LogP contribution >= 0.6 is 12.2 Å². The molecule has 0 radical (unpaired) electrons. The molecule has 1 amide bonds. The maximum Gasteiger partial charge on any atom is 0.306 e. The van der Waals surface area contributed by atoms with Gasteiger partial charge in [0.1, 0.15) is 0 Å². The van der Waals surface area contributed by atoms with Gasteiger partial charge in [-0.25, -0.2) is 23.1 Å². The predicted octanol–water partition coefficient (Wildman–Crippen LogP) is 2.44. The first kappa shape index (κ1) is 25.1. The van der Waals surface area contributed by atoms with Crippen LogP contribution in [0.4, 0.5) is 11.6 Å². The van der Waals surface area contributed by atoms with Crippen molar-refractivity contribution in [1.29, 1.82) is 0 Å². The van der Waals surface area contributed by atoms with Crippen LogP contribution in [0.25, 0.3) is 0 Å². The Balaban J connectivity index is 1.90. The second kappa shape index (κ2) is 11.5. The third-order valence-electron chi connectivity index (χ3n) is 3.91. The fourth-order valence-corrected chi connectivity index (χ4v) is 3.70. The summed E-state index contributed by atoms with van der Waals surface area (Å²) in [5.74, 6) is -0.891. The van der Waals surface area contributed by atoms with E-state index in [1.807, 2.05) is 6.92 Å². The maximum atomic E-state index is 12.6. The standard InChI is InChI=1S/C20H25N5O5S2/c1-4-11-30-18(27)10-9-17(26)24-20(31)23-15-5-7-16(8-6-15)32(28,29)25-19-21-13(2)12-14(3)22-19/h5-8,12H,4,9-11H2,1-3H3,(H,21,22,25)(H2,23,24,26,31). The third kappa shape index (κ3) is 8.19. The van der Waals surface area contributed by atoms with Gasteiger partial charge in [0.05, 0.1) is 17.9 Å². The van der Waals surface area contributed by atoms with Gasteiger partial charge in [0, 0.05) is 23.5 Å². The summed E-state index contributed by atoms with van der Waals surface area (Å²) in [6, 6.07) is 7.48. The monoisotopic (exact) mass is 479 g/mol. The molecule has 2 aromatic rings. The second-order valence-corrected chi connectivity index (χ2v) is 8.92. The van der Waals surface area contributed by atoms with Crippen molar-refractivity contribution in [2.75, 3.05) is 16.6 Å². The molecule has 0 saturated heterocycles. The molecule has 0 spiro atoms. The Morgan fingerprint density at radius 1 is 1.06 bits per heavy atom. The number of benzene rings is 1. The first-order chi connectivity index (χ1) is 15.1. The molecule has 0 unspecified atom stereocenters. The number of amides is 1. The molecule has 0 saturated carbocycles. The number of thiocarbonyl (C=S) groups is 1.